The second-order valence-electron chi connectivity index (χ2n) is 5.77. The zero-order valence-corrected chi connectivity index (χ0v) is 14.3. The summed E-state index contributed by atoms with van der Waals surface area (Å²) in [7, 11) is 0. The van der Waals surface area contributed by atoms with Gasteiger partial charge in [0.25, 0.3) is 0 Å². The first-order valence-electron chi connectivity index (χ1n) is 7.92. The molecular formula is C20H14ClN3O2. The lowest BCUT2D eigenvalue weighted by Crippen LogP contribution is -2.10. The first-order chi connectivity index (χ1) is 12.6. The van der Waals surface area contributed by atoms with Crippen molar-refractivity contribution < 1.29 is 9.53 Å². The summed E-state index contributed by atoms with van der Waals surface area (Å²) in [6.45, 7) is 0. The molecule has 0 saturated carbocycles. The number of amides is 1. The zero-order chi connectivity index (χ0) is 18.1. The summed E-state index contributed by atoms with van der Waals surface area (Å²) in [5.41, 5.74) is 8.17. The average molecular weight is 364 g/mol. The number of nitrogens with one attached hydrogen (secondary N) is 1. The van der Waals surface area contributed by atoms with E-state index >= 15 is 0 Å². The number of aromatic nitrogens is 2. The van der Waals surface area contributed by atoms with E-state index < -0.39 is 5.91 Å². The van der Waals surface area contributed by atoms with E-state index in [0.717, 1.165) is 11.1 Å². The van der Waals surface area contributed by atoms with Gasteiger partial charge < -0.3 is 15.5 Å². The first-order valence-corrected chi connectivity index (χ1v) is 8.30. The molecule has 6 heteroatoms. The molecule has 4 rings (SSSR count). The Morgan fingerprint density at radius 3 is 2.54 bits per heavy atom. The van der Waals surface area contributed by atoms with Crippen LogP contribution in [-0.2, 0) is 0 Å². The molecule has 0 fully saturated rings. The standard InChI is InChI=1S/C20H14ClN3O2/c21-14-2-1-3-16(11-14)26-15-7-4-12(5-8-15)20-23-17-9-6-13(19(22)25)10-18(17)24-20/h1-11H,(H2,22,25)(H,23,24). The van der Waals surface area contributed by atoms with Gasteiger partial charge in [-0.3, -0.25) is 4.79 Å². The van der Waals surface area contributed by atoms with Crippen LogP contribution < -0.4 is 10.5 Å². The van der Waals surface area contributed by atoms with Gasteiger partial charge in [-0.2, -0.15) is 0 Å². The Bertz CT molecular complexity index is 1100. The van der Waals surface area contributed by atoms with Crippen molar-refractivity contribution in [3.8, 4) is 22.9 Å². The summed E-state index contributed by atoms with van der Waals surface area (Å²) in [6.07, 6.45) is 0. The molecule has 0 radical (unpaired) electrons. The molecule has 3 aromatic carbocycles. The number of fused-ring (bicyclic) bond motifs is 1. The second-order valence-corrected chi connectivity index (χ2v) is 6.20. The number of hydrogen-bond donors (Lipinski definition) is 2. The minimum Gasteiger partial charge on any atom is -0.457 e. The Kier molecular flexibility index (Phi) is 4.07. The van der Waals surface area contributed by atoms with E-state index in [9.17, 15) is 4.79 Å². The Morgan fingerprint density at radius 1 is 1.00 bits per heavy atom. The van der Waals surface area contributed by atoms with Crippen LogP contribution in [0.5, 0.6) is 11.5 Å². The number of ether oxygens (including phenoxy) is 1. The summed E-state index contributed by atoms with van der Waals surface area (Å²) in [6, 6.07) is 19.9. The lowest BCUT2D eigenvalue weighted by Gasteiger charge is -2.06. The maximum Gasteiger partial charge on any atom is 0.248 e. The molecule has 5 nitrogen and oxygen atoms in total. The number of benzene rings is 3. The fourth-order valence-corrected chi connectivity index (χ4v) is 2.82. The van der Waals surface area contributed by atoms with E-state index in [1.165, 1.54) is 0 Å². The van der Waals surface area contributed by atoms with Gasteiger partial charge in [0.15, 0.2) is 0 Å². The predicted molar refractivity (Wildman–Crippen MR) is 102 cm³/mol. The van der Waals surface area contributed by atoms with Gasteiger partial charge in [0.2, 0.25) is 5.91 Å². The minimum absolute atomic E-state index is 0.431. The van der Waals surface area contributed by atoms with E-state index in [0.29, 0.717) is 33.4 Å². The Hall–Kier alpha value is -3.31. The number of hydrogen-bond acceptors (Lipinski definition) is 3. The van der Waals surface area contributed by atoms with Crippen molar-refractivity contribution in [3.63, 3.8) is 0 Å². The molecule has 0 unspecified atom stereocenters. The highest BCUT2D eigenvalue weighted by atomic mass is 35.5. The fraction of sp³-hybridized carbons (Fsp3) is 0. The Balaban J connectivity index is 1.60. The topological polar surface area (TPSA) is 81.0 Å². The SMILES string of the molecule is NC(=O)c1ccc2[nH]c(-c3ccc(Oc4cccc(Cl)c4)cc3)nc2c1. The summed E-state index contributed by atoms with van der Waals surface area (Å²) in [4.78, 5) is 19.1. The normalized spacial score (nSPS) is 10.8. The number of H-pyrrole nitrogens is 1. The average Bonchev–Trinajstić information content (AvgIpc) is 3.05. The zero-order valence-electron chi connectivity index (χ0n) is 13.6. The number of nitrogens with zero attached hydrogens (tertiary/aromatic N) is 1. The number of primary amides is 1. The van der Waals surface area contributed by atoms with Crippen molar-refractivity contribution >= 4 is 28.5 Å². The highest BCUT2D eigenvalue weighted by Crippen LogP contribution is 2.27. The maximum atomic E-state index is 11.3. The van der Waals surface area contributed by atoms with Gasteiger partial charge in [0.05, 0.1) is 11.0 Å². The van der Waals surface area contributed by atoms with Crippen LogP contribution in [0.1, 0.15) is 10.4 Å². The van der Waals surface area contributed by atoms with Crippen LogP contribution in [0, 0.1) is 0 Å². The number of nitrogens with two attached hydrogens (primary N) is 1. The van der Waals surface area contributed by atoms with Gasteiger partial charge in [-0.05, 0) is 60.7 Å². The third-order valence-electron chi connectivity index (χ3n) is 3.93. The third kappa shape index (κ3) is 3.25. The summed E-state index contributed by atoms with van der Waals surface area (Å²) >= 11 is 5.96. The number of halogens is 1. The molecule has 4 aromatic rings. The molecule has 0 aliphatic rings. The third-order valence-corrected chi connectivity index (χ3v) is 4.16. The predicted octanol–water partition coefficient (Wildman–Crippen LogP) is 4.77. The van der Waals surface area contributed by atoms with Crippen LogP contribution in [0.3, 0.4) is 0 Å². The molecule has 128 valence electrons. The number of rotatable bonds is 4. The summed E-state index contributed by atoms with van der Waals surface area (Å²) in [5, 5.41) is 0.622. The van der Waals surface area contributed by atoms with E-state index in [1.54, 1.807) is 30.3 Å². The molecule has 1 aromatic heterocycles. The monoisotopic (exact) mass is 363 g/mol. The van der Waals surface area contributed by atoms with Crippen LogP contribution in [-0.4, -0.2) is 15.9 Å². The number of imidazole rings is 1. The Morgan fingerprint density at radius 2 is 1.81 bits per heavy atom. The van der Waals surface area contributed by atoms with Crippen LogP contribution in [0.2, 0.25) is 5.02 Å². The van der Waals surface area contributed by atoms with Crippen molar-refractivity contribution in [2.45, 2.75) is 0 Å². The van der Waals surface area contributed by atoms with Crippen molar-refractivity contribution in [1.82, 2.24) is 9.97 Å². The summed E-state index contributed by atoms with van der Waals surface area (Å²) < 4.78 is 5.78. The highest BCUT2D eigenvalue weighted by molar-refractivity contribution is 6.30. The second kappa shape index (κ2) is 6.54. The van der Waals surface area contributed by atoms with Crippen LogP contribution in [0.25, 0.3) is 22.4 Å². The molecule has 3 N–H and O–H groups in total. The van der Waals surface area contributed by atoms with Gasteiger partial charge in [0.1, 0.15) is 17.3 Å². The van der Waals surface area contributed by atoms with Crippen LogP contribution >= 0.6 is 11.6 Å². The van der Waals surface area contributed by atoms with Crippen molar-refractivity contribution in [2.75, 3.05) is 0 Å². The van der Waals surface area contributed by atoms with E-state index in [1.807, 2.05) is 36.4 Å². The van der Waals surface area contributed by atoms with E-state index in [4.69, 9.17) is 22.1 Å². The lowest BCUT2D eigenvalue weighted by atomic mass is 10.2. The molecule has 1 heterocycles. The van der Waals surface area contributed by atoms with E-state index in [-0.39, 0.29) is 0 Å². The van der Waals surface area contributed by atoms with Crippen molar-refractivity contribution in [2.24, 2.45) is 5.73 Å². The van der Waals surface area contributed by atoms with E-state index in [2.05, 4.69) is 9.97 Å². The molecule has 0 atom stereocenters. The first kappa shape index (κ1) is 16.2. The van der Waals surface area contributed by atoms with Gasteiger partial charge in [-0.25, -0.2) is 4.98 Å². The molecule has 0 aliphatic heterocycles. The van der Waals surface area contributed by atoms with Crippen LogP contribution in [0.4, 0.5) is 0 Å². The molecule has 0 bridgehead atoms. The number of carbonyl (C=O) groups is 1. The maximum absolute atomic E-state index is 11.3. The fourth-order valence-electron chi connectivity index (χ4n) is 2.64. The van der Waals surface area contributed by atoms with Gasteiger partial charge in [0, 0.05) is 16.1 Å². The van der Waals surface area contributed by atoms with Gasteiger partial charge in [-0.15, -0.1) is 0 Å². The van der Waals surface area contributed by atoms with Crippen molar-refractivity contribution in [3.05, 3.63) is 77.3 Å². The molecule has 0 aliphatic carbocycles. The number of carbonyl (C=O) groups excluding carboxylic acids is 1. The molecule has 1 amide bonds. The van der Waals surface area contributed by atoms with Crippen LogP contribution in [0.15, 0.2) is 66.7 Å². The molecule has 0 spiro atoms. The minimum atomic E-state index is -0.473. The molecule has 0 saturated heterocycles. The highest BCUT2D eigenvalue weighted by Gasteiger charge is 2.08. The van der Waals surface area contributed by atoms with Gasteiger partial charge in [-0.1, -0.05) is 17.7 Å². The largest absolute Gasteiger partial charge is 0.457 e. The van der Waals surface area contributed by atoms with Crippen molar-refractivity contribution in [1.29, 1.82) is 0 Å². The van der Waals surface area contributed by atoms with Gasteiger partial charge >= 0.3 is 0 Å². The number of aromatic amines is 1. The lowest BCUT2D eigenvalue weighted by molar-refractivity contribution is 0.100. The summed E-state index contributed by atoms with van der Waals surface area (Å²) in [5.74, 6) is 1.60. The molecular weight excluding hydrogens is 350 g/mol. The smallest absolute Gasteiger partial charge is 0.248 e. The molecule has 26 heavy (non-hydrogen) atoms. The quantitative estimate of drug-likeness (QED) is 0.547. The Labute approximate surface area is 154 Å².